The SMILES string of the molecule is Clc1cscc1CN1CCCCC1. The summed E-state index contributed by atoms with van der Waals surface area (Å²) in [6, 6.07) is 0. The quantitative estimate of drug-likeness (QED) is 0.731. The van der Waals surface area contributed by atoms with Gasteiger partial charge in [-0.1, -0.05) is 18.0 Å². The zero-order valence-electron chi connectivity index (χ0n) is 7.63. The van der Waals surface area contributed by atoms with Crippen molar-refractivity contribution >= 4 is 22.9 Å². The van der Waals surface area contributed by atoms with Crippen LogP contribution in [0, 0.1) is 0 Å². The summed E-state index contributed by atoms with van der Waals surface area (Å²) in [6.45, 7) is 3.53. The summed E-state index contributed by atoms with van der Waals surface area (Å²) in [7, 11) is 0. The van der Waals surface area contributed by atoms with Gasteiger partial charge in [0.25, 0.3) is 0 Å². The van der Waals surface area contributed by atoms with Crippen LogP contribution in [0.4, 0.5) is 0 Å². The first-order chi connectivity index (χ1) is 6.36. The normalized spacial score (nSPS) is 19.2. The number of halogens is 1. The molecule has 2 heterocycles. The molecule has 0 radical (unpaired) electrons. The molecule has 0 amide bonds. The van der Waals surface area contributed by atoms with Gasteiger partial charge in [0.05, 0.1) is 5.02 Å². The Balaban J connectivity index is 1.93. The van der Waals surface area contributed by atoms with Gasteiger partial charge in [-0.25, -0.2) is 0 Å². The van der Waals surface area contributed by atoms with Gasteiger partial charge in [-0.3, -0.25) is 4.90 Å². The predicted molar refractivity (Wildman–Crippen MR) is 58.5 cm³/mol. The van der Waals surface area contributed by atoms with E-state index in [0.29, 0.717) is 0 Å². The van der Waals surface area contributed by atoms with Crippen molar-refractivity contribution in [2.24, 2.45) is 0 Å². The fourth-order valence-corrected chi connectivity index (χ4v) is 2.82. The van der Waals surface area contributed by atoms with Gasteiger partial charge < -0.3 is 0 Å². The summed E-state index contributed by atoms with van der Waals surface area (Å²) >= 11 is 7.74. The molecule has 1 aromatic rings. The van der Waals surface area contributed by atoms with Crippen molar-refractivity contribution in [1.82, 2.24) is 4.90 Å². The summed E-state index contributed by atoms with van der Waals surface area (Å²) in [5, 5.41) is 5.12. The van der Waals surface area contributed by atoms with E-state index < -0.39 is 0 Å². The Hall–Kier alpha value is -0.0500. The molecule has 13 heavy (non-hydrogen) atoms. The minimum Gasteiger partial charge on any atom is -0.299 e. The summed E-state index contributed by atoms with van der Waals surface area (Å²) in [4.78, 5) is 2.50. The fourth-order valence-electron chi connectivity index (χ4n) is 1.78. The molecule has 1 aromatic heterocycles. The van der Waals surface area contributed by atoms with Crippen LogP contribution in [-0.2, 0) is 6.54 Å². The first-order valence-electron chi connectivity index (χ1n) is 4.79. The van der Waals surface area contributed by atoms with Crippen molar-refractivity contribution in [3.05, 3.63) is 21.3 Å². The second kappa shape index (κ2) is 4.45. The largest absolute Gasteiger partial charge is 0.299 e. The molecule has 1 nitrogen and oxygen atoms in total. The Labute approximate surface area is 88.3 Å². The molecule has 3 heteroatoms. The van der Waals surface area contributed by atoms with Gasteiger partial charge >= 0.3 is 0 Å². The summed E-state index contributed by atoms with van der Waals surface area (Å²) in [5.41, 5.74) is 1.30. The highest BCUT2D eigenvalue weighted by molar-refractivity contribution is 7.08. The molecule has 1 aliphatic rings. The minimum atomic E-state index is 0.940. The molecule has 0 aliphatic carbocycles. The van der Waals surface area contributed by atoms with Gasteiger partial charge in [0.2, 0.25) is 0 Å². The maximum absolute atomic E-state index is 6.04. The van der Waals surface area contributed by atoms with Crippen LogP contribution in [0.2, 0.25) is 5.02 Å². The topological polar surface area (TPSA) is 3.24 Å². The number of likely N-dealkylation sites (tertiary alicyclic amines) is 1. The average molecular weight is 216 g/mol. The Morgan fingerprint density at radius 2 is 2.00 bits per heavy atom. The Kier molecular flexibility index (Phi) is 3.25. The van der Waals surface area contributed by atoms with E-state index in [1.807, 2.05) is 5.38 Å². The molecule has 1 aliphatic heterocycles. The molecule has 0 bridgehead atoms. The monoisotopic (exact) mass is 215 g/mol. The van der Waals surface area contributed by atoms with Crippen LogP contribution in [0.3, 0.4) is 0 Å². The molecule has 0 spiro atoms. The lowest BCUT2D eigenvalue weighted by atomic mass is 10.1. The van der Waals surface area contributed by atoms with Crippen LogP contribution < -0.4 is 0 Å². The Morgan fingerprint density at radius 1 is 1.23 bits per heavy atom. The molecular formula is C10H14ClNS. The van der Waals surface area contributed by atoms with E-state index in [-0.39, 0.29) is 0 Å². The number of hydrogen-bond donors (Lipinski definition) is 0. The van der Waals surface area contributed by atoms with E-state index in [4.69, 9.17) is 11.6 Å². The molecule has 0 aromatic carbocycles. The van der Waals surface area contributed by atoms with Crippen molar-refractivity contribution in [2.75, 3.05) is 13.1 Å². The maximum Gasteiger partial charge on any atom is 0.0557 e. The van der Waals surface area contributed by atoms with Crippen LogP contribution in [0.5, 0.6) is 0 Å². The molecule has 2 rings (SSSR count). The van der Waals surface area contributed by atoms with E-state index in [2.05, 4.69) is 10.3 Å². The summed E-state index contributed by atoms with van der Waals surface area (Å²) in [5.74, 6) is 0. The fraction of sp³-hybridized carbons (Fsp3) is 0.600. The standard InChI is InChI=1S/C10H14ClNS/c11-10-8-13-7-9(10)6-12-4-2-1-3-5-12/h7-8H,1-6H2. The molecule has 0 saturated carbocycles. The van der Waals surface area contributed by atoms with Crippen molar-refractivity contribution in [1.29, 1.82) is 0 Å². The third-order valence-electron chi connectivity index (χ3n) is 2.53. The highest BCUT2D eigenvalue weighted by atomic mass is 35.5. The van der Waals surface area contributed by atoms with E-state index in [1.165, 1.54) is 37.9 Å². The number of rotatable bonds is 2. The lowest BCUT2D eigenvalue weighted by Gasteiger charge is -2.26. The Bertz CT molecular complexity index is 266. The lowest BCUT2D eigenvalue weighted by molar-refractivity contribution is 0.221. The van der Waals surface area contributed by atoms with Crippen molar-refractivity contribution in [3.8, 4) is 0 Å². The molecular weight excluding hydrogens is 202 g/mol. The molecule has 0 unspecified atom stereocenters. The van der Waals surface area contributed by atoms with Crippen LogP contribution >= 0.6 is 22.9 Å². The number of nitrogens with zero attached hydrogens (tertiary/aromatic N) is 1. The predicted octanol–water partition coefficient (Wildman–Crippen LogP) is 3.39. The zero-order valence-corrected chi connectivity index (χ0v) is 9.20. The Morgan fingerprint density at radius 3 is 2.62 bits per heavy atom. The third-order valence-corrected chi connectivity index (χ3v) is 3.80. The number of hydrogen-bond acceptors (Lipinski definition) is 2. The summed E-state index contributed by atoms with van der Waals surface area (Å²) in [6.07, 6.45) is 4.09. The third kappa shape index (κ3) is 2.46. The van der Waals surface area contributed by atoms with Gasteiger partial charge in [-0.15, -0.1) is 0 Å². The first-order valence-corrected chi connectivity index (χ1v) is 6.11. The second-order valence-corrected chi connectivity index (χ2v) is 4.73. The highest BCUT2D eigenvalue weighted by Gasteiger charge is 2.11. The zero-order chi connectivity index (χ0) is 9.10. The van der Waals surface area contributed by atoms with Gasteiger partial charge in [0, 0.05) is 11.9 Å². The number of thiophene rings is 1. The molecule has 0 atom stereocenters. The van der Waals surface area contributed by atoms with E-state index in [9.17, 15) is 0 Å². The van der Waals surface area contributed by atoms with Crippen molar-refractivity contribution < 1.29 is 0 Å². The van der Waals surface area contributed by atoms with Gasteiger partial charge in [0.15, 0.2) is 0 Å². The average Bonchev–Trinajstić information content (AvgIpc) is 2.54. The minimum absolute atomic E-state index is 0.940. The van der Waals surface area contributed by atoms with Crippen LogP contribution in [0.15, 0.2) is 10.8 Å². The first kappa shape index (κ1) is 9.50. The highest BCUT2D eigenvalue weighted by Crippen LogP contribution is 2.23. The number of piperidine rings is 1. The molecule has 1 fully saturated rings. The van der Waals surface area contributed by atoms with E-state index >= 15 is 0 Å². The summed E-state index contributed by atoms with van der Waals surface area (Å²) < 4.78 is 0. The van der Waals surface area contributed by atoms with Crippen LogP contribution in [-0.4, -0.2) is 18.0 Å². The van der Waals surface area contributed by atoms with Crippen LogP contribution in [0.1, 0.15) is 24.8 Å². The van der Waals surface area contributed by atoms with Gasteiger partial charge in [-0.2, -0.15) is 11.3 Å². The van der Waals surface area contributed by atoms with Crippen molar-refractivity contribution in [3.63, 3.8) is 0 Å². The lowest BCUT2D eigenvalue weighted by Crippen LogP contribution is -2.28. The molecule has 0 N–H and O–H groups in total. The van der Waals surface area contributed by atoms with Gasteiger partial charge in [0.1, 0.15) is 0 Å². The smallest absolute Gasteiger partial charge is 0.0557 e. The maximum atomic E-state index is 6.04. The van der Waals surface area contributed by atoms with E-state index in [1.54, 1.807) is 11.3 Å². The van der Waals surface area contributed by atoms with Gasteiger partial charge in [-0.05, 0) is 36.9 Å². The molecule has 1 saturated heterocycles. The molecule has 72 valence electrons. The van der Waals surface area contributed by atoms with E-state index in [0.717, 1.165) is 11.6 Å². The second-order valence-electron chi connectivity index (χ2n) is 3.58. The van der Waals surface area contributed by atoms with Crippen LogP contribution in [0.25, 0.3) is 0 Å². The van der Waals surface area contributed by atoms with Crippen molar-refractivity contribution in [2.45, 2.75) is 25.8 Å².